The van der Waals surface area contributed by atoms with E-state index in [4.69, 9.17) is 5.73 Å². The van der Waals surface area contributed by atoms with E-state index in [1.807, 2.05) is 0 Å². The minimum atomic E-state index is -4.63. The first kappa shape index (κ1) is 18.2. The second kappa shape index (κ2) is 6.94. The first-order chi connectivity index (χ1) is 9.29. The van der Waals surface area contributed by atoms with Crippen molar-refractivity contribution in [2.75, 3.05) is 0 Å². The van der Waals surface area contributed by atoms with Gasteiger partial charge in [-0.25, -0.2) is 4.39 Å². The molecule has 0 radical (unpaired) electrons. The van der Waals surface area contributed by atoms with Gasteiger partial charge >= 0.3 is 6.18 Å². The fourth-order valence-electron chi connectivity index (χ4n) is 2.76. The summed E-state index contributed by atoms with van der Waals surface area (Å²) in [5.41, 5.74) is 4.72. The molecule has 0 unspecified atom stereocenters. The molecule has 0 saturated heterocycles. The number of hydrogen-bond donors (Lipinski definition) is 2. The van der Waals surface area contributed by atoms with Crippen LogP contribution in [0.25, 0.3) is 0 Å². The van der Waals surface area contributed by atoms with Crippen LogP contribution in [0, 0.1) is 11.7 Å². The minimum absolute atomic E-state index is 0. The highest BCUT2D eigenvalue weighted by molar-refractivity contribution is 5.85. The average molecular weight is 328 g/mol. The molecule has 1 fully saturated rings. The molecule has 0 bridgehead atoms. The molecule has 3 N–H and O–H groups in total. The van der Waals surface area contributed by atoms with Crippen molar-refractivity contribution >= 4 is 12.4 Å². The fourth-order valence-corrected chi connectivity index (χ4v) is 2.76. The molecule has 2 atom stereocenters. The molecule has 1 aliphatic carbocycles. The zero-order valence-electron chi connectivity index (χ0n) is 11.2. The summed E-state index contributed by atoms with van der Waals surface area (Å²) >= 11 is 0. The van der Waals surface area contributed by atoms with Gasteiger partial charge in [0.25, 0.3) is 0 Å². The molecule has 0 aliphatic heterocycles. The maximum atomic E-state index is 13.3. The summed E-state index contributed by atoms with van der Waals surface area (Å²) < 4.78 is 51.3. The highest BCUT2D eigenvalue weighted by Gasteiger charge is 2.34. The Hall–Kier alpha value is -0.850. The molecule has 2 rings (SSSR count). The maximum absolute atomic E-state index is 13.3. The van der Waals surface area contributed by atoms with Gasteiger partial charge in [-0.1, -0.05) is 12.8 Å². The zero-order chi connectivity index (χ0) is 14.9. The molecule has 0 amide bonds. The summed E-state index contributed by atoms with van der Waals surface area (Å²) in [7, 11) is 0. The fraction of sp³-hybridized carbons (Fsp3) is 0.571. The van der Waals surface area contributed by atoms with Gasteiger partial charge in [0.1, 0.15) is 5.82 Å². The van der Waals surface area contributed by atoms with E-state index >= 15 is 0 Å². The van der Waals surface area contributed by atoms with Crippen molar-refractivity contribution < 1.29 is 22.7 Å². The molecular formula is C14H18ClF4NO. The molecule has 2 nitrogen and oxygen atoms in total. The molecule has 21 heavy (non-hydrogen) atoms. The molecule has 0 spiro atoms. The summed E-state index contributed by atoms with van der Waals surface area (Å²) in [6, 6.07) is 1.19. The number of nitrogens with two attached hydrogens (primary N) is 1. The van der Waals surface area contributed by atoms with E-state index in [1.165, 1.54) is 0 Å². The van der Waals surface area contributed by atoms with Gasteiger partial charge in [-0.15, -0.1) is 12.4 Å². The van der Waals surface area contributed by atoms with Gasteiger partial charge in [0.15, 0.2) is 0 Å². The number of hydrogen-bond acceptors (Lipinski definition) is 2. The van der Waals surface area contributed by atoms with Crippen molar-refractivity contribution in [1.29, 1.82) is 0 Å². The third kappa shape index (κ3) is 4.31. The summed E-state index contributed by atoms with van der Waals surface area (Å²) in [6.07, 6.45) is -2.02. The summed E-state index contributed by atoms with van der Waals surface area (Å²) in [4.78, 5) is 0. The summed E-state index contributed by atoms with van der Waals surface area (Å²) in [5, 5.41) is 10.1. The second-order valence-electron chi connectivity index (χ2n) is 5.33. The first-order valence-corrected chi connectivity index (χ1v) is 6.60. The Morgan fingerprint density at radius 1 is 1.14 bits per heavy atom. The lowest BCUT2D eigenvalue weighted by Gasteiger charge is -2.25. The highest BCUT2D eigenvalue weighted by Crippen LogP contribution is 2.35. The van der Waals surface area contributed by atoms with Crippen LogP contribution in [-0.2, 0) is 6.18 Å². The Kier molecular flexibility index (Phi) is 6.01. The number of aliphatic hydroxyl groups is 1. The molecule has 1 aromatic carbocycles. The van der Waals surface area contributed by atoms with Gasteiger partial charge in [0.05, 0.1) is 17.7 Å². The van der Waals surface area contributed by atoms with Crippen molar-refractivity contribution in [2.24, 2.45) is 11.7 Å². The molecule has 120 valence electrons. The Morgan fingerprint density at radius 2 is 1.71 bits per heavy atom. The Balaban J connectivity index is 0.00000220. The van der Waals surface area contributed by atoms with Crippen molar-refractivity contribution in [2.45, 2.75) is 44.0 Å². The van der Waals surface area contributed by atoms with Crippen molar-refractivity contribution in [3.05, 3.63) is 35.1 Å². The lowest BCUT2D eigenvalue weighted by atomic mass is 9.90. The third-order valence-corrected chi connectivity index (χ3v) is 3.88. The van der Waals surface area contributed by atoms with Gasteiger partial charge in [0.2, 0.25) is 0 Å². The van der Waals surface area contributed by atoms with Gasteiger partial charge in [-0.05, 0) is 42.5 Å². The van der Waals surface area contributed by atoms with Gasteiger partial charge in [-0.3, -0.25) is 0 Å². The quantitative estimate of drug-likeness (QED) is 0.829. The number of halogens is 5. The van der Waals surface area contributed by atoms with E-state index in [0.29, 0.717) is 6.07 Å². The highest BCUT2D eigenvalue weighted by atomic mass is 35.5. The van der Waals surface area contributed by atoms with E-state index in [1.54, 1.807) is 0 Å². The molecule has 7 heteroatoms. The van der Waals surface area contributed by atoms with E-state index in [2.05, 4.69) is 0 Å². The van der Waals surface area contributed by atoms with Crippen molar-refractivity contribution in [3.8, 4) is 0 Å². The molecular weight excluding hydrogens is 310 g/mol. The Labute approximate surface area is 126 Å². The van der Waals surface area contributed by atoms with E-state index in [0.717, 1.165) is 37.8 Å². The van der Waals surface area contributed by atoms with Crippen LogP contribution >= 0.6 is 12.4 Å². The van der Waals surface area contributed by atoms with Crippen LogP contribution in [0.15, 0.2) is 18.2 Å². The topological polar surface area (TPSA) is 46.2 Å². The maximum Gasteiger partial charge on any atom is 0.416 e. The van der Waals surface area contributed by atoms with Crippen molar-refractivity contribution in [1.82, 2.24) is 0 Å². The monoisotopic (exact) mass is 327 g/mol. The lowest BCUT2D eigenvalue weighted by Crippen LogP contribution is -2.32. The smallest absolute Gasteiger partial charge is 0.391 e. The standard InChI is InChI=1S/C14H17F4NO.ClH/c15-11-6-9(5-10(7-11)14(16,17)18)12(19)13(20)8-3-1-2-4-8;/h5-8,12-13,20H,1-4,19H2;1H/t12-,13+;/m0./s1. The Bertz CT molecular complexity index is 475. The van der Waals surface area contributed by atoms with Gasteiger partial charge in [0, 0.05) is 0 Å². The zero-order valence-corrected chi connectivity index (χ0v) is 12.1. The largest absolute Gasteiger partial charge is 0.416 e. The van der Waals surface area contributed by atoms with Crippen LogP contribution in [0.4, 0.5) is 17.6 Å². The van der Waals surface area contributed by atoms with E-state index < -0.39 is 29.7 Å². The number of rotatable bonds is 3. The number of alkyl halides is 3. The summed E-state index contributed by atoms with van der Waals surface area (Å²) in [5.74, 6) is -1.02. The van der Waals surface area contributed by atoms with Crippen molar-refractivity contribution in [3.63, 3.8) is 0 Å². The van der Waals surface area contributed by atoms with Crippen LogP contribution < -0.4 is 5.73 Å². The summed E-state index contributed by atoms with van der Waals surface area (Å²) in [6.45, 7) is 0. The average Bonchev–Trinajstić information content (AvgIpc) is 2.89. The van der Waals surface area contributed by atoms with E-state index in [9.17, 15) is 22.7 Å². The molecule has 0 aromatic heterocycles. The van der Waals surface area contributed by atoms with Gasteiger partial charge < -0.3 is 10.8 Å². The lowest BCUT2D eigenvalue weighted by molar-refractivity contribution is -0.137. The normalized spacial score (nSPS) is 19.1. The third-order valence-electron chi connectivity index (χ3n) is 3.88. The SMILES string of the molecule is Cl.N[C@@H](c1cc(F)cc(C(F)(F)F)c1)[C@H](O)C1CCCC1. The molecule has 0 heterocycles. The Morgan fingerprint density at radius 3 is 2.24 bits per heavy atom. The molecule has 1 aliphatic rings. The van der Waals surface area contributed by atoms with Crippen LogP contribution in [0.5, 0.6) is 0 Å². The molecule has 1 saturated carbocycles. The van der Waals surface area contributed by atoms with Crippen LogP contribution in [0.1, 0.15) is 42.9 Å². The second-order valence-corrected chi connectivity index (χ2v) is 5.33. The van der Waals surface area contributed by atoms with Crippen LogP contribution in [0.3, 0.4) is 0 Å². The first-order valence-electron chi connectivity index (χ1n) is 6.60. The molecule has 1 aromatic rings. The van der Waals surface area contributed by atoms with Crippen LogP contribution in [-0.4, -0.2) is 11.2 Å². The predicted molar refractivity (Wildman–Crippen MR) is 73.5 cm³/mol. The van der Waals surface area contributed by atoms with Gasteiger partial charge in [-0.2, -0.15) is 13.2 Å². The number of benzene rings is 1. The number of aliphatic hydroxyl groups excluding tert-OH is 1. The van der Waals surface area contributed by atoms with Crippen LogP contribution in [0.2, 0.25) is 0 Å². The minimum Gasteiger partial charge on any atom is -0.391 e. The predicted octanol–water partition coefficient (Wildman–Crippen LogP) is 3.82. The van der Waals surface area contributed by atoms with E-state index in [-0.39, 0.29) is 23.9 Å².